The molecule has 0 atom stereocenters. The van der Waals surface area contributed by atoms with Crippen LogP contribution in [0.3, 0.4) is 0 Å². The molecule has 0 unspecified atom stereocenters. The first-order chi connectivity index (χ1) is 8.33. The second-order valence-electron chi connectivity index (χ2n) is 3.89. The van der Waals surface area contributed by atoms with Crippen LogP contribution in [-0.4, -0.2) is 18.1 Å². The second kappa shape index (κ2) is 8.95. The molecule has 3 heteroatoms. The monoisotopic (exact) mass is 249 g/mol. The molecule has 0 saturated carbocycles. The first-order valence-corrected chi connectivity index (χ1v) is 7.12. The first kappa shape index (κ1) is 13.9. The van der Waals surface area contributed by atoms with E-state index in [9.17, 15) is 0 Å². The van der Waals surface area contributed by atoms with Gasteiger partial charge in [0, 0.05) is 12.2 Å². The molecule has 0 aliphatic rings. The molecule has 1 rings (SSSR count). The third kappa shape index (κ3) is 6.91. The molecule has 0 spiro atoms. The summed E-state index contributed by atoms with van der Waals surface area (Å²) in [6, 6.07) is 10.3. The summed E-state index contributed by atoms with van der Waals surface area (Å²) in [5.74, 6) is 3.03. The number of rotatable bonds is 8. The SMILES string of the molecule is Cc1ccc(OCCCCSCCC#N)cc1. The highest BCUT2D eigenvalue weighted by Crippen LogP contribution is 2.12. The van der Waals surface area contributed by atoms with Crippen molar-refractivity contribution in [2.75, 3.05) is 18.1 Å². The van der Waals surface area contributed by atoms with Crippen LogP contribution >= 0.6 is 11.8 Å². The first-order valence-electron chi connectivity index (χ1n) is 5.97. The predicted molar refractivity (Wildman–Crippen MR) is 73.5 cm³/mol. The molecule has 0 radical (unpaired) electrons. The largest absolute Gasteiger partial charge is 0.494 e. The van der Waals surface area contributed by atoms with Crippen LogP contribution in [0.25, 0.3) is 0 Å². The highest BCUT2D eigenvalue weighted by molar-refractivity contribution is 7.99. The van der Waals surface area contributed by atoms with Crippen LogP contribution in [0.2, 0.25) is 0 Å². The molecule has 0 aliphatic heterocycles. The number of nitrogens with zero attached hydrogens (tertiary/aromatic N) is 1. The highest BCUT2D eigenvalue weighted by atomic mass is 32.2. The molecule has 17 heavy (non-hydrogen) atoms. The maximum atomic E-state index is 8.37. The van der Waals surface area contributed by atoms with E-state index in [1.54, 1.807) is 0 Å². The number of hydrogen-bond donors (Lipinski definition) is 0. The Morgan fingerprint density at radius 2 is 1.94 bits per heavy atom. The Kier molecular flexibility index (Phi) is 7.33. The van der Waals surface area contributed by atoms with Gasteiger partial charge in [-0.05, 0) is 37.7 Å². The van der Waals surface area contributed by atoms with Crippen LogP contribution in [0.15, 0.2) is 24.3 Å². The quantitative estimate of drug-likeness (QED) is 0.657. The Morgan fingerprint density at radius 1 is 1.18 bits per heavy atom. The lowest BCUT2D eigenvalue weighted by Gasteiger charge is -2.06. The zero-order chi connectivity index (χ0) is 12.3. The molecule has 1 aromatic rings. The van der Waals surface area contributed by atoms with Crippen molar-refractivity contribution in [1.82, 2.24) is 0 Å². The summed E-state index contributed by atoms with van der Waals surface area (Å²) in [6.07, 6.45) is 2.89. The van der Waals surface area contributed by atoms with Crippen molar-refractivity contribution in [3.63, 3.8) is 0 Å². The van der Waals surface area contributed by atoms with Crippen molar-refractivity contribution in [2.24, 2.45) is 0 Å². The zero-order valence-electron chi connectivity index (χ0n) is 10.3. The van der Waals surface area contributed by atoms with E-state index in [-0.39, 0.29) is 0 Å². The van der Waals surface area contributed by atoms with Crippen LogP contribution in [-0.2, 0) is 0 Å². The minimum Gasteiger partial charge on any atom is -0.494 e. The highest BCUT2D eigenvalue weighted by Gasteiger charge is 1.94. The van der Waals surface area contributed by atoms with Crippen molar-refractivity contribution < 1.29 is 4.74 Å². The van der Waals surface area contributed by atoms with Gasteiger partial charge in [-0.3, -0.25) is 0 Å². The summed E-state index contributed by atoms with van der Waals surface area (Å²) < 4.78 is 5.63. The van der Waals surface area contributed by atoms with Gasteiger partial charge in [0.2, 0.25) is 0 Å². The van der Waals surface area contributed by atoms with Crippen LogP contribution in [0.4, 0.5) is 0 Å². The van der Waals surface area contributed by atoms with Crippen molar-refractivity contribution in [2.45, 2.75) is 26.2 Å². The second-order valence-corrected chi connectivity index (χ2v) is 5.11. The smallest absolute Gasteiger partial charge is 0.119 e. The minimum absolute atomic E-state index is 0.657. The Bertz CT molecular complexity index is 342. The number of ether oxygens (including phenoxy) is 1. The van der Waals surface area contributed by atoms with Gasteiger partial charge in [-0.25, -0.2) is 0 Å². The van der Waals surface area contributed by atoms with E-state index in [0.717, 1.165) is 36.7 Å². The Morgan fingerprint density at radius 3 is 2.65 bits per heavy atom. The van der Waals surface area contributed by atoms with Crippen molar-refractivity contribution >= 4 is 11.8 Å². The molecule has 0 heterocycles. The van der Waals surface area contributed by atoms with Crippen molar-refractivity contribution in [3.05, 3.63) is 29.8 Å². The number of unbranched alkanes of at least 4 members (excludes halogenated alkanes) is 1. The minimum atomic E-state index is 0.657. The average Bonchev–Trinajstić information content (AvgIpc) is 2.35. The summed E-state index contributed by atoms with van der Waals surface area (Å²) in [5, 5.41) is 8.37. The fraction of sp³-hybridized carbons (Fsp3) is 0.500. The maximum Gasteiger partial charge on any atom is 0.119 e. The van der Waals surface area contributed by atoms with Gasteiger partial charge in [-0.15, -0.1) is 0 Å². The molecule has 0 aliphatic carbocycles. The van der Waals surface area contributed by atoms with Gasteiger partial charge in [0.25, 0.3) is 0 Å². The standard InChI is InChI=1S/C14H19NOS/c1-13-5-7-14(8-6-13)16-10-2-3-11-17-12-4-9-15/h5-8H,2-4,10-12H2,1H3. The van der Waals surface area contributed by atoms with Gasteiger partial charge in [-0.2, -0.15) is 17.0 Å². The zero-order valence-corrected chi connectivity index (χ0v) is 11.1. The molecule has 1 aromatic carbocycles. The van der Waals surface area contributed by atoms with Crippen LogP contribution in [0.1, 0.15) is 24.8 Å². The van der Waals surface area contributed by atoms with Crippen molar-refractivity contribution in [1.29, 1.82) is 5.26 Å². The Hall–Kier alpha value is -1.14. The number of thioether (sulfide) groups is 1. The average molecular weight is 249 g/mol. The van der Waals surface area contributed by atoms with Gasteiger partial charge >= 0.3 is 0 Å². The lowest BCUT2D eigenvalue weighted by atomic mass is 10.2. The molecule has 0 N–H and O–H groups in total. The van der Waals surface area contributed by atoms with E-state index in [0.29, 0.717) is 6.42 Å². The topological polar surface area (TPSA) is 33.0 Å². The lowest BCUT2D eigenvalue weighted by molar-refractivity contribution is 0.310. The predicted octanol–water partition coefficient (Wildman–Crippen LogP) is 3.80. The summed E-state index contributed by atoms with van der Waals surface area (Å²) in [7, 11) is 0. The van der Waals surface area contributed by atoms with Gasteiger partial charge in [0.05, 0.1) is 12.7 Å². The molecule has 92 valence electrons. The third-order valence-corrected chi connectivity index (χ3v) is 3.40. The molecule has 0 saturated heterocycles. The number of benzene rings is 1. The number of nitriles is 1. The summed E-state index contributed by atoms with van der Waals surface area (Å²) in [6.45, 7) is 2.85. The van der Waals surface area contributed by atoms with Crippen LogP contribution < -0.4 is 4.74 Å². The molecule has 2 nitrogen and oxygen atoms in total. The van der Waals surface area contributed by atoms with E-state index < -0.39 is 0 Å². The Labute approximate surface area is 108 Å². The molecule has 0 bridgehead atoms. The summed E-state index contributed by atoms with van der Waals surface area (Å²) in [4.78, 5) is 0. The van der Waals surface area contributed by atoms with Crippen molar-refractivity contribution in [3.8, 4) is 11.8 Å². The fourth-order valence-electron chi connectivity index (χ4n) is 1.35. The molecular formula is C14H19NOS. The summed E-state index contributed by atoms with van der Waals surface area (Å²) in [5.41, 5.74) is 1.26. The number of hydrogen-bond acceptors (Lipinski definition) is 3. The van der Waals surface area contributed by atoms with E-state index in [2.05, 4.69) is 25.1 Å². The van der Waals surface area contributed by atoms with E-state index in [1.165, 1.54) is 5.56 Å². The van der Waals surface area contributed by atoms with Gasteiger partial charge in [0.15, 0.2) is 0 Å². The molecule has 0 amide bonds. The number of aryl methyl sites for hydroxylation is 1. The lowest BCUT2D eigenvalue weighted by Crippen LogP contribution is -1.98. The van der Waals surface area contributed by atoms with Gasteiger partial charge in [0.1, 0.15) is 5.75 Å². The van der Waals surface area contributed by atoms with Gasteiger partial charge in [-0.1, -0.05) is 17.7 Å². The van der Waals surface area contributed by atoms with Gasteiger partial charge < -0.3 is 4.74 Å². The van der Waals surface area contributed by atoms with Crippen LogP contribution in [0.5, 0.6) is 5.75 Å². The Balaban J connectivity index is 1.97. The van der Waals surface area contributed by atoms with Crippen LogP contribution in [0, 0.1) is 18.3 Å². The molecular weight excluding hydrogens is 230 g/mol. The maximum absolute atomic E-state index is 8.37. The molecule has 0 fully saturated rings. The normalized spacial score (nSPS) is 9.88. The van der Waals surface area contributed by atoms with E-state index in [1.807, 2.05) is 23.9 Å². The van der Waals surface area contributed by atoms with E-state index >= 15 is 0 Å². The molecule has 0 aromatic heterocycles. The fourth-order valence-corrected chi connectivity index (χ4v) is 2.20. The third-order valence-electron chi connectivity index (χ3n) is 2.33. The van der Waals surface area contributed by atoms with E-state index in [4.69, 9.17) is 10.00 Å². The summed E-state index contributed by atoms with van der Waals surface area (Å²) >= 11 is 1.85.